The minimum absolute atomic E-state index is 0.112. The third-order valence-corrected chi connectivity index (χ3v) is 3.52. The van der Waals surface area contributed by atoms with Crippen LogP contribution in [0, 0.1) is 6.92 Å². The zero-order chi connectivity index (χ0) is 14.4. The smallest absolute Gasteiger partial charge is 0.137 e. The summed E-state index contributed by atoms with van der Waals surface area (Å²) in [6, 6.07) is 0.366. The fourth-order valence-corrected chi connectivity index (χ4v) is 2.30. The van der Waals surface area contributed by atoms with Gasteiger partial charge in [0.15, 0.2) is 0 Å². The number of aromatic nitrogens is 2. The highest BCUT2D eigenvalue weighted by atomic mass is 16.3. The van der Waals surface area contributed by atoms with Crippen molar-refractivity contribution in [3.05, 3.63) is 11.4 Å². The maximum Gasteiger partial charge on any atom is 0.137 e. The first kappa shape index (κ1) is 15.7. The van der Waals surface area contributed by atoms with E-state index >= 15 is 0 Å². The summed E-state index contributed by atoms with van der Waals surface area (Å²) in [4.78, 5) is 11.1. The summed E-state index contributed by atoms with van der Waals surface area (Å²) in [5.74, 6) is 2.16. The number of hydrogen-bond acceptors (Lipinski definition) is 5. The Bertz CT molecular complexity index is 405. The van der Waals surface area contributed by atoms with Crippen molar-refractivity contribution >= 4 is 11.6 Å². The van der Waals surface area contributed by atoms with Crippen LogP contribution in [0.3, 0.4) is 0 Å². The summed E-state index contributed by atoms with van der Waals surface area (Å²) >= 11 is 0. The molecule has 1 aromatic heterocycles. The molecule has 5 heteroatoms. The summed E-state index contributed by atoms with van der Waals surface area (Å²) < 4.78 is 0. The summed E-state index contributed by atoms with van der Waals surface area (Å²) in [6.45, 7) is 8.95. The van der Waals surface area contributed by atoms with Crippen LogP contribution in [-0.2, 0) is 6.42 Å². The molecule has 19 heavy (non-hydrogen) atoms. The number of nitrogen functional groups attached to an aromatic ring is 1. The normalized spacial score (nSPS) is 11.1. The lowest BCUT2D eigenvalue weighted by atomic mass is 10.1. The Morgan fingerprint density at radius 1 is 1.21 bits per heavy atom. The summed E-state index contributed by atoms with van der Waals surface area (Å²) in [5, 5.41) is 9.31. The SMILES string of the molecule is CCc1nc(N)c(C)c(N(CCO)C(CC)CC)n1. The molecule has 0 saturated carbocycles. The molecule has 0 aliphatic carbocycles. The van der Waals surface area contributed by atoms with Crippen LogP contribution in [0.5, 0.6) is 0 Å². The molecule has 0 radical (unpaired) electrons. The third-order valence-electron chi connectivity index (χ3n) is 3.52. The van der Waals surface area contributed by atoms with Crippen LogP contribution in [0.15, 0.2) is 0 Å². The Hall–Kier alpha value is -1.36. The summed E-state index contributed by atoms with van der Waals surface area (Å²) in [7, 11) is 0. The highest BCUT2D eigenvalue weighted by Crippen LogP contribution is 2.25. The number of aliphatic hydroxyl groups excluding tert-OH is 1. The Morgan fingerprint density at radius 3 is 2.32 bits per heavy atom. The monoisotopic (exact) mass is 266 g/mol. The average Bonchev–Trinajstić information content (AvgIpc) is 2.42. The maximum atomic E-state index is 9.31. The van der Waals surface area contributed by atoms with Gasteiger partial charge < -0.3 is 15.7 Å². The van der Waals surface area contributed by atoms with E-state index in [9.17, 15) is 5.11 Å². The van der Waals surface area contributed by atoms with Crippen molar-refractivity contribution in [1.29, 1.82) is 0 Å². The van der Waals surface area contributed by atoms with E-state index in [2.05, 4.69) is 28.7 Å². The highest BCUT2D eigenvalue weighted by Gasteiger charge is 2.20. The van der Waals surface area contributed by atoms with Crippen LogP contribution in [0.25, 0.3) is 0 Å². The van der Waals surface area contributed by atoms with E-state index in [4.69, 9.17) is 5.73 Å². The van der Waals surface area contributed by atoms with Crippen molar-refractivity contribution in [2.45, 2.75) is 53.0 Å². The van der Waals surface area contributed by atoms with Crippen molar-refractivity contribution in [3.63, 3.8) is 0 Å². The van der Waals surface area contributed by atoms with Crippen molar-refractivity contribution < 1.29 is 5.11 Å². The lowest BCUT2D eigenvalue weighted by Crippen LogP contribution is -2.38. The maximum absolute atomic E-state index is 9.31. The van der Waals surface area contributed by atoms with E-state index in [1.54, 1.807) is 0 Å². The second-order valence-corrected chi connectivity index (χ2v) is 4.71. The molecule has 0 bridgehead atoms. The molecule has 3 N–H and O–H groups in total. The van der Waals surface area contributed by atoms with E-state index in [1.165, 1.54) is 0 Å². The van der Waals surface area contributed by atoms with Gasteiger partial charge in [-0.05, 0) is 19.8 Å². The van der Waals surface area contributed by atoms with Gasteiger partial charge >= 0.3 is 0 Å². The fraction of sp³-hybridized carbons (Fsp3) is 0.714. The molecule has 0 unspecified atom stereocenters. The van der Waals surface area contributed by atoms with Crippen molar-refractivity contribution in [3.8, 4) is 0 Å². The lowest BCUT2D eigenvalue weighted by molar-refractivity contribution is 0.295. The van der Waals surface area contributed by atoms with Gasteiger partial charge in [-0.25, -0.2) is 9.97 Å². The van der Waals surface area contributed by atoms with Crippen LogP contribution in [-0.4, -0.2) is 34.3 Å². The van der Waals surface area contributed by atoms with Crippen LogP contribution in [0.2, 0.25) is 0 Å². The van der Waals surface area contributed by atoms with Crippen LogP contribution < -0.4 is 10.6 Å². The van der Waals surface area contributed by atoms with Crippen molar-refractivity contribution in [2.24, 2.45) is 0 Å². The zero-order valence-electron chi connectivity index (χ0n) is 12.5. The molecular weight excluding hydrogens is 240 g/mol. The van der Waals surface area contributed by atoms with E-state index in [1.807, 2.05) is 13.8 Å². The third kappa shape index (κ3) is 3.56. The Labute approximate surface area is 115 Å². The molecule has 0 fully saturated rings. The quantitative estimate of drug-likeness (QED) is 0.788. The fourth-order valence-electron chi connectivity index (χ4n) is 2.30. The summed E-state index contributed by atoms with van der Waals surface area (Å²) in [6.07, 6.45) is 2.79. The molecule has 5 nitrogen and oxygen atoms in total. The Kier molecular flexibility index (Phi) is 6.02. The number of anilines is 2. The van der Waals surface area contributed by atoms with E-state index < -0.39 is 0 Å². The van der Waals surface area contributed by atoms with Gasteiger partial charge in [0.05, 0.1) is 6.61 Å². The zero-order valence-corrected chi connectivity index (χ0v) is 12.5. The number of rotatable bonds is 7. The minimum atomic E-state index is 0.112. The van der Waals surface area contributed by atoms with Crippen LogP contribution >= 0.6 is 0 Å². The largest absolute Gasteiger partial charge is 0.395 e. The molecule has 0 atom stereocenters. The number of hydrogen-bond donors (Lipinski definition) is 2. The molecule has 0 aliphatic heterocycles. The van der Waals surface area contributed by atoms with Gasteiger partial charge in [-0.15, -0.1) is 0 Å². The van der Waals surface area contributed by atoms with Gasteiger partial charge in [0.2, 0.25) is 0 Å². The van der Waals surface area contributed by atoms with Gasteiger partial charge in [0.1, 0.15) is 17.5 Å². The first-order valence-corrected chi connectivity index (χ1v) is 7.09. The molecule has 0 amide bonds. The molecule has 108 valence electrons. The molecule has 0 aliphatic rings. The van der Waals surface area contributed by atoms with Gasteiger partial charge in [-0.1, -0.05) is 20.8 Å². The van der Waals surface area contributed by atoms with Gasteiger partial charge in [-0.2, -0.15) is 0 Å². The van der Waals surface area contributed by atoms with E-state index in [0.717, 1.165) is 36.5 Å². The van der Waals surface area contributed by atoms with Gasteiger partial charge in [-0.3, -0.25) is 0 Å². The van der Waals surface area contributed by atoms with E-state index in [0.29, 0.717) is 18.4 Å². The van der Waals surface area contributed by atoms with Gasteiger partial charge in [0.25, 0.3) is 0 Å². The van der Waals surface area contributed by atoms with E-state index in [-0.39, 0.29) is 6.61 Å². The number of aryl methyl sites for hydroxylation is 1. The molecule has 0 saturated heterocycles. The predicted molar refractivity (Wildman–Crippen MR) is 79.4 cm³/mol. The molecule has 0 spiro atoms. The van der Waals surface area contributed by atoms with Crippen molar-refractivity contribution in [2.75, 3.05) is 23.8 Å². The number of aliphatic hydroxyl groups is 1. The molecule has 0 aromatic carbocycles. The van der Waals surface area contributed by atoms with Crippen LogP contribution in [0.1, 0.15) is 45.0 Å². The molecule has 1 rings (SSSR count). The van der Waals surface area contributed by atoms with Crippen LogP contribution in [0.4, 0.5) is 11.6 Å². The number of nitrogens with zero attached hydrogens (tertiary/aromatic N) is 3. The topological polar surface area (TPSA) is 75.3 Å². The number of nitrogens with two attached hydrogens (primary N) is 1. The van der Waals surface area contributed by atoms with Crippen molar-refractivity contribution in [1.82, 2.24) is 9.97 Å². The molecule has 1 heterocycles. The molecule has 1 aromatic rings. The van der Waals surface area contributed by atoms with Gasteiger partial charge in [0, 0.05) is 24.6 Å². The average molecular weight is 266 g/mol. The predicted octanol–water partition coefficient (Wildman–Crippen LogP) is 1.92. The summed E-state index contributed by atoms with van der Waals surface area (Å²) in [5.41, 5.74) is 6.87. The Morgan fingerprint density at radius 2 is 1.84 bits per heavy atom. The first-order chi connectivity index (χ1) is 9.08. The minimum Gasteiger partial charge on any atom is -0.395 e. The first-order valence-electron chi connectivity index (χ1n) is 7.09. The lowest BCUT2D eigenvalue weighted by Gasteiger charge is -2.32. The second-order valence-electron chi connectivity index (χ2n) is 4.71. The standard InChI is InChI=1S/C14H26N4O/c1-5-11(6-2)18(8-9-19)14-10(4)13(15)16-12(7-3)17-14/h11,19H,5-9H2,1-4H3,(H2,15,16,17). The second kappa shape index (κ2) is 7.28. The molecular formula is C14H26N4O. The Balaban J connectivity index is 3.24. The highest BCUT2D eigenvalue weighted by molar-refractivity contribution is 5.57.